The molecule has 1 saturated heterocycles. The van der Waals surface area contributed by atoms with Crippen molar-refractivity contribution < 1.29 is 9.16 Å². The van der Waals surface area contributed by atoms with Crippen LogP contribution in [0.2, 0.25) is 0 Å². The molecule has 1 rings (SSSR count). The van der Waals surface area contributed by atoms with Crippen molar-refractivity contribution in [1.82, 2.24) is 0 Å². The lowest BCUT2D eigenvalue weighted by Crippen LogP contribution is -2.06. The molecule has 1 aliphatic heterocycles. The Labute approximate surface area is 84.5 Å². The van der Waals surface area contributed by atoms with Crippen molar-refractivity contribution in [3.05, 3.63) is 0 Å². The molecule has 0 aliphatic carbocycles. The zero-order valence-electron chi connectivity index (χ0n) is 8.80. The topological polar surface area (TPSA) is 21.8 Å². The molecule has 0 spiro atoms. The summed E-state index contributed by atoms with van der Waals surface area (Å²) in [5, 5.41) is 0. The van der Waals surface area contributed by atoms with Crippen LogP contribution >= 0.6 is 0 Å². The molecule has 0 aromatic carbocycles. The minimum atomic E-state index is 0.158. The summed E-state index contributed by atoms with van der Waals surface area (Å²) in [5.41, 5.74) is 0.158. The quantitative estimate of drug-likeness (QED) is 0.482. The van der Waals surface area contributed by atoms with E-state index < -0.39 is 0 Å². The summed E-state index contributed by atoms with van der Waals surface area (Å²) >= 11 is 0. The highest BCUT2D eigenvalue weighted by atomic mass is 28.2. The molecule has 13 heavy (non-hydrogen) atoms. The summed E-state index contributed by atoms with van der Waals surface area (Å²) in [6, 6.07) is 0. The summed E-state index contributed by atoms with van der Waals surface area (Å²) < 4.78 is 10.4. The molecule has 75 valence electrons. The Kier molecular flexibility index (Phi) is 3.95. The number of epoxide rings is 1. The first-order chi connectivity index (χ1) is 6.06. The first-order valence-corrected chi connectivity index (χ1v) is 5.43. The Morgan fingerprint density at radius 2 is 2.08 bits per heavy atom. The third-order valence-corrected chi connectivity index (χ3v) is 3.00. The van der Waals surface area contributed by atoms with Gasteiger partial charge in [0.2, 0.25) is 10.5 Å². The van der Waals surface area contributed by atoms with Crippen molar-refractivity contribution in [3.63, 3.8) is 0 Å². The van der Waals surface area contributed by atoms with Crippen LogP contribution in [0.5, 0.6) is 0 Å². The van der Waals surface area contributed by atoms with Gasteiger partial charge in [0.05, 0.1) is 11.7 Å². The Morgan fingerprint density at radius 1 is 1.46 bits per heavy atom. The van der Waals surface area contributed by atoms with Gasteiger partial charge in [-0.05, 0) is 39.0 Å². The maximum atomic E-state index is 5.52. The van der Waals surface area contributed by atoms with E-state index in [-0.39, 0.29) is 5.60 Å². The van der Waals surface area contributed by atoms with Crippen LogP contribution < -0.4 is 0 Å². The molecule has 0 bridgehead atoms. The predicted octanol–water partition coefficient (Wildman–Crippen LogP) is 2.07. The molecule has 0 amide bonds. The second kappa shape index (κ2) is 4.58. The van der Waals surface area contributed by atoms with E-state index in [9.17, 15) is 0 Å². The van der Waals surface area contributed by atoms with Crippen LogP contribution in [-0.2, 0) is 9.16 Å². The van der Waals surface area contributed by atoms with Crippen molar-refractivity contribution in [2.45, 2.75) is 51.7 Å². The van der Waals surface area contributed by atoms with E-state index in [1.165, 1.54) is 12.8 Å². The minimum absolute atomic E-state index is 0.158. The maximum absolute atomic E-state index is 5.52. The number of hydrogen-bond acceptors (Lipinski definition) is 2. The third kappa shape index (κ3) is 3.79. The van der Waals surface area contributed by atoms with Gasteiger partial charge in [-0.15, -0.1) is 0 Å². The molecule has 1 aliphatic rings. The van der Waals surface area contributed by atoms with E-state index in [4.69, 9.17) is 9.16 Å². The summed E-state index contributed by atoms with van der Waals surface area (Å²) in [6.07, 6.45) is 4.05. The zero-order valence-corrected chi connectivity index (χ0v) is 9.80. The van der Waals surface area contributed by atoms with Crippen LogP contribution in [0.3, 0.4) is 0 Å². The van der Waals surface area contributed by atoms with Gasteiger partial charge in [-0.3, -0.25) is 0 Å². The van der Waals surface area contributed by atoms with E-state index >= 15 is 0 Å². The summed E-state index contributed by atoms with van der Waals surface area (Å²) in [6.45, 7) is 7.38. The Hall–Kier alpha value is 0.137. The Morgan fingerprint density at radius 3 is 2.54 bits per heavy atom. The highest BCUT2D eigenvalue weighted by molar-refractivity contribution is 5.97. The first-order valence-electron chi connectivity index (χ1n) is 5.02. The number of rotatable bonds is 6. The van der Waals surface area contributed by atoms with Gasteiger partial charge < -0.3 is 9.16 Å². The highest BCUT2D eigenvalue weighted by Gasteiger charge is 2.46. The summed E-state index contributed by atoms with van der Waals surface area (Å²) in [7, 11) is 3.01. The summed E-state index contributed by atoms with van der Waals surface area (Å²) in [4.78, 5) is 0. The van der Waals surface area contributed by atoms with Crippen molar-refractivity contribution >= 4 is 10.5 Å². The van der Waals surface area contributed by atoms with E-state index in [1.54, 1.807) is 0 Å². The molecule has 3 radical (unpaired) electrons. The second-order valence-electron chi connectivity index (χ2n) is 4.53. The van der Waals surface area contributed by atoms with Gasteiger partial charge in [0, 0.05) is 6.61 Å². The molecule has 2 nitrogen and oxygen atoms in total. The lowest BCUT2D eigenvalue weighted by molar-refractivity contribution is 0.287. The molecule has 3 heteroatoms. The monoisotopic (exact) mass is 199 g/mol. The molecule has 0 aromatic rings. The Balaban J connectivity index is 2.00. The summed E-state index contributed by atoms with van der Waals surface area (Å²) in [5.74, 6) is 0.733. The van der Waals surface area contributed by atoms with Crippen LogP contribution in [0.15, 0.2) is 0 Å². The predicted molar refractivity (Wildman–Crippen MR) is 53.7 cm³/mol. The molecule has 1 heterocycles. The fraction of sp³-hybridized carbons (Fsp3) is 1.00. The molecule has 1 fully saturated rings. The molecule has 2 unspecified atom stereocenters. The maximum Gasteiger partial charge on any atom is 0.246 e. The first kappa shape index (κ1) is 11.2. The molecule has 2 atom stereocenters. The lowest BCUT2D eigenvalue weighted by atomic mass is 9.98. The number of ether oxygens (including phenoxy) is 1. The molecular formula is C10H19O2Si. The average Bonchev–Trinajstić information content (AvgIpc) is 2.67. The van der Waals surface area contributed by atoms with Gasteiger partial charge in [0.1, 0.15) is 0 Å². The van der Waals surface area contributed by atoms with E-state index in [1.807, 2.05) is 0 Å². The van der Waals surface area contributed by atoms with Crippen LogP contribution in [0.1, 0.15) is 40.0 Å². The SMILES string of the molecule is CC(CCO[Si])CCC1OC1(C)C. The smallest absolute Gasteiger partial charge is 0.246 e. The van der Waals surface area contributed by atoms with Crippen LogP contribution in [0.25, 0.3) is 0 Å². The molecule has 0 aromatic heterocycles. The number of hydrogen-bond donors (Lipinski definition) is 0. The minimum Gasteiger partial charge on any atom is -0.419 e. The van der Waals surface area contributed by atoms with Crippen LogP contribution in [0.4, 0.5) is 0 Å². The van der Waals surface area contributed by atoms with Crippen LogP contribution in [0, 0.1) is 5.92 Å². The molecular weight excluding hydrogens is 180 g/mol. The van der Waals surface area contributed by atoms with E-state index in [2.05, 4.69) is 31.3 Å². The normalized spacial score (nSPS) is 27.2. The van der Waals surface area contributed by atoms with E-state index in [0.29, 0.717) is 6.10 Å². The van der Waals surface area contributed by atoms with Crippen LogP contribution in [-0.4, -0.2) is 28.8 Å². The lowest BCUT2D eigenvalue weighted by Gasteiger charge is -2.09. The third-order valence-electron chi connectivity index (χ3n) is 2.80. The highest BCUT2D eigenvalue weighted by Crippen LogP contribution is 2.39. The average molecular weight is 199 g/mol. The van der Waals surface area contributed by atoms with Gasteiger partial charge in [-0.25, -0.2) is 0 Å². The van der Waals surface area contributed by atoms with Gasteiger partial charge in [0.15, 0.2) is 0 Å². The van der Waals surface area contributed by atoms with Crippen molar-refractivity contribution in [2.75, 3.05) is 6.61 Å². The Bertz CT molecular complexity index is 159. The van der Waals surface area contributed by atoms with Crippen molar-refractivity contribution in [3.8, 4) is 0 Å². The fourth-order valence-corrected chi connectivity index (χ4v) is 1.70. The van der Waals surface area contributed by atoms with Gasteiger partial charge in [-0.2, -0.15) is 0 Å². The van der Waals surface area contributed by atoms with E-state index in [0.717, 1.165) is 18.9 Å². The second-order valence-corrected chi connectivity index (χ2v) is 4.82. The largest absolute Gasteiger partial charge is 0.419 e. The standard InChI is InChI=1S/C10H19O2Si/c1-8(6-7-11-13)4-5-9-10(2,3)12-9/h8-9H,4-7H2,1-3H3. The molecule has 0 saturated carbocycles. The van der Waals surface area contributed by atoms with Crippen molar-refractivity contribution in [2.24, 2.45) is 5.92 Å². The molecule has 0 N–H and O–H groups in total. The fourth-order valence-electron chi connectivity index (χ4n) is 1.58. The zero-order chi connectivity index (χ0) is 9.90. The van der Waals surface area contributed by atoms with Gasteiger partial charge >= 0.3 is 0 Å². The van der Waals surface area contributed by atoms with Crippen molar-refractivity contribution in [1.29, 1.82) is 0 Å². The van der Waals surface area contributed by atoms with Gasteiger partial charge in [0.25, 0.3) is 0 Å². The van der Waals surface area contributed by atoms with Gasteiger partial charge in [-0.1, -0.05) is 6.92 Å².